The van der Waals surface area contributed by atoms with Crippen molar-refractivity contribution in [3.8, 4) is 0 Å². The quantitative estimate of drug-likeness (QED) is 0.417. The zero-order valence-electron chi connectivity index (χ0n) is 8.07. The van der Waals surface area contributed by atoms with Crippen LogP contribution in [0.15, 0.2) is 0 Å². The molecule has 68 valence electrons. The highest BCUT2D eigenvalue weighted by molar-refractivity contribution is 6.42. The molecule has 0 rings (SSSR count). The number of rotatable bonds is 8. The number of hydrogen-bond acceptors (Lipinski definition) is 1. The van der Waals surface area contributed by atoms with Gasteiger partial charge in [0.25, 0.3) is 0 Å². The Hall–Kier alpha value is 0.394. The Bertz CT molecular complexity index is 61.1. The van der Waals surface area contributed by atoms with E-state index in [1.54, 1.807) is 0 Å². The van der Waals surface area contributed by atoms with Crippen molar-refractivity contribution < 1.29 is 4.12 Å². The van der Waals surface area contributed by atoms with Crippen LogP contribution in [0.3, 0.4) is 0 Å². The summed E-state index contributed by atoms with van der Waals surface area (Å²) < 4.78 is 5.64. The third kappa shape index (κ3) is 10.4. The molecule has 0 bridgehead atoms. The Morgan fingerprint density at radius 3 is 2.45 bits per heavy atom. The first-order chi connectivity index (χ1) is 5.41. The third-order valence-corrected chi connectivity index (χ3v) is 5.25. The second-order valence-corrected chi connectivity index (χ2v) is 7.18. The van der Waals surface area contributed by atoms with Gasteiger partial charge in [0, 0.05) is 0 Å². The van der Waals surface area contributed by atoms with Gasteiger partial charge in [0.2, 0.25) is 0 Å². The van der Waals surface area contributed by atoms with Gasteiger partial charge in [0.1, 0.15) is 19.5 Å². The van der Waals surface area contributed by atoms with Crippen molar-refractivity contribution in [3.63, 3.8) is 0 Å². The molecule has 0 aliphatic carbocycles. The molecular formula is C8H22OSi2. The Balaban J connectivity index is 2.69. The molecule has 0 aromatic rings. The smallest absolute Gasteiger partial charge is 0.146 e. The topological polar surface area (TPSA) is 9.23 Å². The Morgan fingerprint density at radius 1 is 1.00 bits per heavy atom. The van der Waals surface area contributed by atoms with Crippen molar-refractivity contribution in [1.82, 2.24) is 0 Å². The Morgan fingerprint density at radius 2 is 1.82 bits per heavy atom. The van der Waals surface area contributed by atoms with Gasteiger partial charge in [-0.2, -0.15) is 0 Å². The molecule has 0 aromatic heterocycles. The van der Waals surface area contributed by atoms with Gasteiger partial charge < -0.3 is 4.12 Å². The molecule has 11 heavy (non-hydrogen) atoms. The van der Waals surface area contributed by atoms with Crippen molar-refractivity contribution >= 4 is 19.5 Å². The van der Waals surface area contributed by atoms with Crippen LogP contribution in [-0.2, 0) is 4.12 Å². The fraction of sp³-hybridized carbons (Fsp3) is 1.00. The van der Waals surface area contributed by atoms with Gasteiger partial charge in [0.15, 0.2) is 0 Å². The second kappa shape index (κ2) is 10.4. The first kappa shape index (κ1) is 11.4. The highest BCUT2D eigenvalue weighted by Gasteiger charge is 1.89. The summed E-state index contributed by atoms with van der Waals surface area (Å²) in [4.78, 5) is 0. The maximum atomic E-state index is 5.64. The van der Waals surface area contributed by atoms with E-state index in [9.17, 15) is 0 Å². The van der Waals surface area contributed by atoms with Gasteiger partial charge in [-0.1, -0.05) is 39.5 Å². The molecule has 0 spiro atoms. The maximum Gasteiger partial charge on any atom is 0.146 e. The van der Waals surface area contributed by atoms with Crippen molar-refractivity contribution in [2.45, 2.75) is 51.6 Å². The lowest BCUT2D eigenvalue weighted by molar-refractivity contribution is 0.619. The Kier molecular flexibility index (Phi) is 10.8. The van der Waals surface area contributed by atoms with E-state index in [1.165, 1.54) is 37.8 Å². The first-order valence-corrected chi connectivity index (χ1v) is 8.15. The lowest BCUT2D eigenvalue weighted by Crippen LogP contribution is -2.01. The highest BCUT2D eigenvalue weighted by Crippen LogP contribution is 2.01. The average molecular weight is 190 g/mol. The van der Waals surface area contributed by atoms with Gasteiger partial charge in [-0.25, -0.2) is 0 Å². The largest absolute Gasteiger partial charge is 0.465 e. The summed E-state index contributed by atoms with van der Waals surface area (Å²) in [6.45, 7) is 4.50. The molecule has 3 heteroatoms. The SMILES string of the molecule is CCCCCC[SiH2]O[SiH2]CC. The summed E-state index contributed by atoms with van der Waals surface area (Å²) in [7, 11) is -0.122. The van der Waals surface area contributed by atoms with E-state index in [4.69, 9.17) is 4.12 Å². The summed E-state index contributed by atoms with van der Waals surface area (Å²) in [5.41, 5.74) is 0. The van der Waals surface area contributed by atoms with Gasteiger partial charge in [-0.3, -0.25) is 0 Å². The lowest BCUT2D eigenvalue weighted by atomic mass is 10.2. The van der Waals surface area contributed by atoms with E-state index in [0.29, 0.717) is 0 Å². The molecule has 0 aliphatic heterocycles. The minimum atomic E-state index is -0.0659. The van der Waals surface area contributed by atoms with Crippen molar-refractivity contribution in [1.29, 1.82) is 0 Å². The van der Waals surface area contributed by atoms with E-state index in [-0.39, 0.29) is 19.5 Å². The summed E-state index contributed by atoms with van der Waals surface area (Å²) in [5.74, 6) is 0. The molecule has 0 fully saturated rings. The normalized spacial score (nSPS) is 12.5. The molecule has 0 unspecified atom stereocenters. The summed E-state index contributed by atoms with van der Waals surface area (Å²) in [6, 6.07) is 2.74. The summed E-state index contributed by atoms with van der Waals surface area (Å²) in [6.07, 6.45) is 5.63. The monoisotopic (exact) mass is 190 g/mol. The van der Waals surface area contributed by atoms with Crippen LogP contribution in [0.2, 0.25) is 12.1 Å². The van der Waals surface area contributed by atoms with Crippen molar-refractivity contribution in [2.24, 2.45) is 0 Å². The van der Waals surface area contributed by atoms with E-state index in [2.05, 4.69) is 13.8 Å². The fourth-order valence-electron chi connectivity index (χ4n) is 1.05. The van der Waals surface area contributed by atoms with Crippen LogP contribution in [0.5, 0.6) is 0 Å². The minimum absolute atomic E-state index is 0.0560. The zero-order valence-corrected chi connectivity index (χ0v) is 10.9. The molecule has 0 radical (unpaired) electrons. The summed E-state index contributed by atoms with van der Waals surface area (Å²) >= 11 is 0. The Labute approximate surface area is 75.8 Å². The molecule has 0 amide bonds. The molecule has 0 saturated carbocycles. The molecule has 0 N–H and O–H groups in total. The van der Waals surface area contributed by atoms with E-state index >= 15 is 0 Å². The molecule has 1 nitrogen and oxygen atoms in total. The van der Waals surface area contributed by atoms with E-state index in [1.807, 2.05) is 0 Å². The van der Waals surface area contributed by atoms with Crippen molar-refractivity contribution in [3.05, 3.63) is 0 Å². The predicted octanol–water partition coefficient (Wildman–Crippen LogP) is 1.61. The zero-order chi connectivity index (χ0) is 8.36. The first-order valence-electron chi connectivity index (χ1n) is 4.99. The van der Waals surface area contributed by atoms with Crippen LogP contribution in [0.1, 0.15) is 39.5 Å². The van der Waals surface area contributed by atoms with Gasteiger partial charge in [0.05, 0.1) is 0 Å². The number of unbranched alkanes of at least 4 members (excludes halogenated alkanes) is 3. The van der Waals surface area contributed by atoms with Gasteiger partial charge in [-0.05, 0) is 12.1 Å². The third-order valence-electron chi connectivity index (χ3n) is 1.74. The molecule has 0 atom stereocenters. The van der Waals surface area contributed by atoms with Crippen LogP contribution in [0, 0.1) is 0 Å². The van der Waals surface area contributed by atoms with Gasteiger partial charge >= 0.3 is 0 Å². The average Bonchev–Trinajstić information content (AvgIpc) is 2.03. The molecule has 0 heterocycles. The van der Waals surface area contributed by atoms with Crippen LogP contribution >= 0.6 is 0 Å². The van der Waals surface area contributed by atoms with Crippen molar-refractivity contribution in [2.75, 3.05) is 0 Å². The standard InChI is InChI=1S/C8H22OSi2/c1-3-5-6-7-8-11-9-10-4-2/h3-8,10-11H2,1-2H3. The molecule has 0 saturated heterocycles. The highest BCUT2D eigenvalue weighted by atomic mass is 28.3. The molecule has 0 aromatic carbocycles. The predicted molar refractivity (Wildman–Crippen MR) is 57.6 cm³/mol. The second-order valence-electron chi connectivity index (χ2n) is 3.03. The van der Waals surface area contributed by atoms with Crippen LogP contribution in [0.25, 0.3) is 0 Å². The maximum absolute atomic E-state index is 5.64. The lowest BCUT2D eigenvalue weighted by Gasteiger charge is -2.00. The van der Waals surface area contributed by atoms with Gasteiger partial charge in [-0.15, -0.1) is 0 Å². The van der Waals surface area contributed by atoms with Crippen LogP contribution in [-0.4, -0.2) is 19.5 Å². The summed E-state index contributed by atoms with van der Waals surface area (Å²) in [5, 5.41) is 0. The minimum Gasteiger partial charge on any atom is -0.465 e. The van der Waals surface area contributed by atoms with E-state index < -0.39 is 0 Å². The number of hydrogen-bond donors (Lipinski definition) is 0. The van der Waals surface area contributed by atoms with Crippen LogP contribution < -0.4 is 0 Å². The van der Waals surface area contributed by atoms with Crippen LogP contribution in [0.4, 0.5) is 0 Å². The molecule has 0 aliphatic rings. The van der Waals surface area contributed by atoms with E-state index in [0.717, 1.165) is 0 Å². The molecular weight excluding hydrogens is 168 g/mol. The fourth-order valence-corrected chi connectivity index (χ4v) is 4.40.